The van der Waals surface area contributed by atoms with E-state index in [9.17, 15) is 23.1 Å². The molecule has 1 unspecified atom stereocenters. The maximum atomic E-state index is 14.0. The first-order valence-electron chi connectivity index (χ1n) is 14.7. The average molecular weight is 609 g/mol. The Kier molecular flexibility index (Phi) is 8.08. The molecule has 1 saturated carbocycles. The molecule has 4 heterocycles. The van der Waals surface area contributed by atoms with Gasteiger partial charge in [-0.3, -0.25) is 4.79 Å². The Hall–Kier alpha value is -3.28. The minimum absolute atomic E-state index is 0.0693. The molecular formula is C31H36N4O5S2. The summed E-state index contributed by atoms with van der Waals surface area (Å²) >= 11 is 1.14. The quantitative estimate of drug-likeness (QED) is 0.382. The molecule has 2 saturated heterocycles. The van der Waals surface area contributed by atoms with Gasteiger partial charge in [0.1, 0.15) is 15.6 Å². The van der Waals surface area contributed by atoms with Gasteiger partial charge in [0, 0.05) is 30.7 Å². The summed E-state index contributed by atoms with van der Waals surface area (Å²) in [5, 5.41) is 10.2. The Bertz CT molecular complexity index is 1580. The largest absolute Gasteiger partial charge is 0.477 e. The monoisotopic (exact) mass is 608 g/mol. The third kappa shape index (κ3) is 5.45. The van der Waals surface area contributed by atoms with Gasteiger partial charge >= 0.3 is 5.97 Å². The SMILES string of the molecule is Cc1cc(S(=O)(=O)N2CC(=O)N(c3cc(-c4ccccc4)sc3C(=O)O)C(C3CCCCC3)C2)cnc1N1CCCC1. The van der Waals surface area contributed by atoms with Crippen LogP contribution in [0, 0.1) is 12.8 Å². The highest BCUT2D eigenvalue weighted by atomic mass is 32.2. The van der Waals surface area contributed by atoms with Crippen LogP contribution < -0.4 is 9.80 Å². The van der Waals surface area contributed by atoms with Gasteiger partial charge in [-0.15, -0.1) is 11.3 Å². The second-order valence-corrected chi connectivity index (χ2v) is 14.5. The van der Waals surface area contributed by atoms with Crippen LogP contribution in [0.3, 0.4) is 0 Å². The molecule has 2 aliphatic heterocycles. The lowest BCUT2D eigenvalue weighted by Gasteiger charge is -2.44. The van der Waals surface area contributed by atoms with E-state index in [1.807, 2.05) is 37.3 Å². The Morgan fingerprint density at radius 1 is 1.02 bits per heavy atom. The molecule has 1 amide bonds. The highest BCUT2D eigenvalue weighted by molar-refractivity contribution is 7.89. The molecule has 1 N–H and O–H groups in total. The Labute approximate surface area is 250 Å². The summed E-state index contributed by atoms with van der Waals surface area (Å²) in [5.41, 5.74) is 2.03. The van der Waals surface area contributed by atoms with Crippen LogP contribution >= 0.6 is 11.3 Å². The molecule has 1 atom stereocenters. The number of carbonyl (C=O) groups is 2. The zero-order valence-electron chi connectivity index (χ0n) is 23.7. The standard InChI is InChI=1S/C31H36N4O5S2/c1-21-16-24(18-32-30(21)33-14-8-9-15-33)42(39,40)34-19-26(22-10-4-2-5-11-22)35(28(36)20-34)25-17-27(41-29(25)31(37)38)23-12-6-3-7-13-23/h3,6-7,12-13,16-18,22,26H,2,4-5,8-11,14-15,19-20H2,1H3,(H,37,38). The van der Waals surface area contributed by atoms with E-state index < -0.39 is 27.9 Å². The second-order valence-electron chi connectivity index (χ2n) is 11.5. The van der Waals surface area contributed by atoms with Crippen LogP contribution in [0.1, 0.15) is 60.2 Å². The van der Waals surface area contributed by atoms with E-state index in [4.69, 9.17) is 0 Å². The number of sulfonamides is 1. The molecule has 1 aliphatic carbocycles. The first-order chi connectivity index (χ1) is 20.2. The Morgan fingerprint density at radius 2 is 1.74 bits per heavy atom. The van der Waals surface area contributed by atoms with Crippen molar-refractivity contribution in [2.75, 3.05) is 36.0 Å². The van der Waals surface area contributed by atoms with E-state index in [1.54, 1.807) is 17.0 Å². The van der Waals surface area contributed by atoms with Crippen LogP contribution in [0.2, 0.25) is 0 Å². The van der Waals surface area contributed by atoms with Crippen molar-refractivity contribution in [1.82, 2.24) is 9.29 Å². The van der Waals surface area contributed by atoms with E-state index in [0.29, 0.717) is 5.69 Å². The van der Waals surface area contributed by atoms with Crippen molar-refractivity contribution in [3.05, 3.63) is 59.1 Å². The zero-order valence-corrected chi connectivity index (χ0v) is 25.4. The maximum Gasteiger partial charge on any atom is 0.348 e. The second kappa shape index (κ2) is 11.8. The number of hydrogen-bond acceptors (Lipinski definition) is 7. The predicted octanol–water partition coefficient (Wildman–Crippen LogP) is 5.40. The lowest BCUT2D eigenvalue weighted by molar-refractivity contribution is -0.121. The highest BCUT2D eigenvalue weighted by Gasteiger charge is 2.44. The van der Waals surface area contributed by atoms with Crippen molar-refractivity contribution in [2.45, 2.75) is 62.8 Å². The van der Waals surface area contributed by atoms with Crippen LogP contribution in [0.5, 0.6) is 0 Å². The zero-order chi connectivity index (χ0) is 29.4. The van der Waals surface area contributed by atoms with Crippen LogP contribution in [0.15, 0.2) is 53.6 Å². The van der Waals surface area contributed by atoms with E-state index >= 15 is 0 Å². The Morgan fingerprint density at radius 3 is 2.40 bits per heavy atom. The van der Waals surface area contributed by atoms with Crippen LogP contribution in [0.25, 0.3) is 10.4 Å². The topological polar surface area (TPSA) is 111 Å². The molecule has 3 aliphatic rings. The molecule has 0 bridgehead atoms. The minimum Gasteiger partial charge on any atom is -0.477 e. The number of carbonyl (C=O) groups excluding carboxylic acids is 1. The molecule has 3 fully saturated rings. The molecule has 3 aromatic rings. The number of aromatic nitrogens is 1. The smallest absolute Gasteiger partial charge is 0.348 e. The van der Waals surface area contributed by atoms with Gasteiger partial charge in [-0.1, -0.05) is 49.6 Å². The first-order valence-corrected chi connectivity index (χ1v) is 17.0. The molecule has 0 spiro atoms. The van der Waals surface area contributed by atoms with Gasteiger partial charge in [0.25, 0.3) is 0 Å². The number of amides is 1. The van der Waals surface area contributed by atoms with Crippen molar-refractivity contribution >= 4 is 44.7 Å². The lowest BCUT2D eigenvalue weighted by atomic mass is 9.82. The lowest BCUT2D eigenvalue weighted by Crippen LogP contribution is -2.60. The molecule has 11 heteroatoms. The van der Waals surface area contributed by atoms with Gasteiger partial charge in [0.2, 0.25) is 15.9 Å². The molecule has 42 heavy (non-hydrogen) atoms. The molecular weight excluding hydrogens is 572 g/mol. The Balaban J connectivity index is 1.35. The number of pyridine rings is 1. The van der Waals surface area contributed by atoms with E-state index in [1.165, 1.54) is 10.5 Å². The number of aromatic carboxylic acids is 1. The summed E-state index contributed by atoms with van der Waals surface area (Å²) in [5.74, 6) is -0.624. The van der Waals surface area contributed by atoms with E-state index in [-0.39, 0.29) is 28.8 Å². The summed E-state index contributed by atoms with van der Waals surface area (Å²) in [6, 6.07) is 12.5. The number of aryl methyl sites for hydroxylation is 1. The average Bonchev–Trinajstić information content (AvgIpc) is 3.69. The fraction of sp³-hybridized carbons (Fsp3) is 0.452. The number of carboxylic acids is 1. The molecule has 1 aromatic carbocycles. The molecule has 6 rings (SSSR count). The number of nitrogens with zero attached hydrogens (tertiary/aromatic N) is 4. The number of hydrogen-bond donors (Lipinski definition) is 1. The first kappa shape index (κ1) is 28.8. The van der Waals surface area contributed by atoms with Gasteiger partial charge in [-0.2, -0.15) is 4.31 Å². The summed E-state index contributed by atoms with van der Waals surface area (Å²) < 4.78 is 29.2. The summed E-state index contributed by atoms with van der Waals surface area (Å²) in [6.45, 7) is 3.45. The van der Waals surface area contributed by atoms with Crippen molar-refractivity contribution in [1.29, 1.82) is 0 Å². The number of carboxylic acid groups (broad SMARTS) is 1. The summed E-state index contributed by atoms with van der Waals surface area (Å²) in [7, 11) is -4.01. The van der Waals surface area contributed by atoms with Crippen molar-refractivity contribution < 1.29 is 23.1 Å². The van der Waals surface area contributed by atoms with Gasteiger partial charge in [0.15, 0.2) is 0 Å². The molecule has 0 radical (unpaired) electrons. The third-order valence-electron chi connectivity index (χ3n) is 8.79. The maximum absolute atomic E-state index is 14.0. The predicted molar refractivity (Wildman–Crippen MR) is 164 cm³/mol. The van der Waals surface area contributed by atoms with Crippen molar-refractivity contribution in [2.24, 2.45) is 5.92 Å². The van der Waals surface area contributed by atoms with Crippen LogP contribution in [-0.4, -0.2) is 66.9 Å². The van der Waals surface area contributed by atoms with Gasteiger partial charge in [-0.25, -0.2) is 18.2 Å². The third-order valence-corrected chi connectivity index (χ3v) is 11.7. The van der Waals surface area contributed by atoms with Crippen LogP contribution in [-0.2, 0) is 14.8 Å². The number of rotatable bonds is 7. The molecule has 9 nitrogen and oxygen atoms in total. The minimum atomic E-state index is -4.01. The number of benzene rings is 1. The summed E-state index contributed by atoms with van der Waals surface area (Å²) in [4.78, 5) is 35.6. The van der Waals surface area contributed by atoms with Gasteiger partial charge in [0.05, 0.1) is 18.3 Å². The van der Waals surface area contributed by atoms with Crippen molar-refractivity contribution in [3.63, 3.8) is 0 Å². The van der Waals surface area contributed by atoms with Gasteiger partial charge in [-0.05, 0) is 61.8 Å². The normalized spacial score (nSPS) is 20.8. The number of thiophene rings is 1. The van der Waals surface area contributed by atoms with Crippen LogP contribution in [0.4, 0.5) is 11.5 Å². The van der Waals surface area contributed by atoms with E-state index in [2.05, 4.69) is 9.88 Å². The molecule has 2 aromatic heterocycles. The highest BCUT2D eigenvalue weighted by Crippen LogP contribution is 2.42. The fourth-order valence-electron chi connectivity index (χ4n) is 6.69. The number of piperazine rings is 1. The fourth-order valence-corrected chi connectivity index (χ4v) is 9.12. The van der Waals surface area contributed by atoms with E-state index in [0.717, 1.165) is 91.2 Å². The van der Waals surface area contributed by atoms with Crippen molar-refractivity contribution in [3.8, 4) is 10.4 Å². The molecule has 222 valence electrons. The number of anilines is 2. The van der Waals surface area contributed by atoms with Gasteiger partial charge < -0.3 is 14.9 Å². The summed E-state index contributed by atoms with van der Waals surface area (Å²) in [6.07, 6.45) is 8.44.